The molecule has 0 radical (unpaired) electrons. The van der Waals surface area contributed by atoms with Crippen LogP contribution in [0.1, 0.15) is 30.9 Å². The van der Waals surface area contributed by atoms with Crippen LogP contribution < -0.4 is 10.0 Å². The first-order chi connectivity index (χ1) is 13.0. The highest BCUT2D eigenvalue weighted by molar-refractivity contribution is 7.88. The molecule has 2 N–H and O–H groups in total. The summed E-state index contributed by atoms with van der Waals surface area (Å²) < 4.78 is 31.5. The molecule has 1 aromatic carbocycles. The molecule has 2 saturated heterocycles. The van der Waals surface area contributed by atoms with Gasteiger partial charge in [-0.3, -0.25) is 0 Å². The van der Waals surface area contributed by atoms with E-state index in [2.05, 4.69) is 21.9 Å². The zero-order chi connectivity index (χ0) is 19.3. The van der Waals surface area contributed by atoms with Crippen molar-refractivity contribution in [1.82, 2.24) is 14.9 Å². The molecule has 2 aliphatic rings. The highest BCUT2D eigenvalue weighted by Gasteiger charge is 2.42. The number of hydrogen-bond donors (Lipinski definition) is 2. The van der Waals surface area contributed by atoms with Gasteiger partial charge in [0.25, 0.3) is 0 Å². The fraction of sp³-hybridized carbons (Fsp3) is 0.632. The molecule has 1 spiro atoms. The van der Waals surface area contributed by atoms with Gasteiger partial charge in [0.1, 0.15) is 0 Å². The highest BCUT2D eigenvalue weighted by atomic mass is 32.2. The molecule has 2 fully saturated rings. The van der Waals surface area contributed by atoms with Gasteiger partial charge >= 0.3 is 0 Å². The monoisotopic (exact) mass is 394 g/mol. The fourth-order valence-corrected chi connectivity index (χ4v) is 4.55. The van der Waals surface area contributed by atoms with Crippen LogP contribution in [0.4, 0.5) is 0 Å². The molecule has 3 rings (SSSR count). The number of nitrogens with one attached hydrogen (secondary N) is 2. The fourth-order valence-electron chi connectivity index (χ4n) is 3.79. The molecule has 0 aliphatic carbocycles. The maximum absolute atomic E-state index is 11.8. The predicted molar refractivity (Wildman–Crippen MR) is 107 cm³/mol. The Labute approximate surface area is 162 Å². The summed E-state index contributed by atoms with van der Waals surface area (Å²) in [5.41, 5.74) is 2.06. The summed E-state index contributed by atoms with van der Waals surface area (Å²) >= 11 is 0. The minimum atomic E-state index is -3.27. The number of rotatable bonds is 6. The van der Waals surface area contributed by atoms with Gasteiger partial charge in [-0.15, -0.1) is 0 Å². The Morgan fingerprint density at radius 2 is 2.15 bits per heavy atom. The first kappa shape index (κ1) is 20.1. The summed E-state index contributed by atoms with van der Waals surface area (Å²) in [6, 6.07) is 7.62. The standard InChI is InChI=1S/C19H30N4O3S/c1-3-21-18(23-9-7-19(14-23)8-10-26-15-19)22-12-16-5-4-6-17(11-16)13-27(24,25)20-2/h4-6,11,20H,3,7-10,12-15H2,1-2H3,(H,21,22). The zero-order valence-corrected chi connectivity index (χ0v) is 17.0. The lowest BCUT2D eigenvalue weighted by molar-refractivity contribution is 0.156. The van der Waals surface area contributed by atoms with Gasteiger partial charge in [0.2, 0.25) is 10.0 Å². The van der Waals surface area contributed by atoms with Crippen molar-refractivity contribution in [3.63, 3.8) is 0 Å². The van der Waals surface area contributed by atoms with Gasteiger partial charge in [0.05, 0.1) is 18.9 Å². The summed E-state index contributed by atoms with van der Waals surface area (Å²) in [4.78, 5) is 7.13. The van der Waals surface area contributed by atoms with Gasteiger partial charge in [-0.05, 0) is 37.9 Å². The number of ether oxygens (including phenoxy) is 1. The Morgan fingerprint density at radius 3 is 2.85 bits per heavy atom. The molecule has 1 aromatic rings. The van der Waals surface area contributed by atoms with E-state index in [0.29, 0.717) is 6.54 Å². The molecular weight excluding hydrogens is 364 g/mol. The predicted octanol–water partition coefficient (Wildman–Crippen LogP) is 1.31. The van der Waals surface area contributed by atoms with Crippen molar-refractivity contribution in [2.45, 2.75) is 32.1 Å². The second-order valence-electron chi connectivity index (χ2n) is 7.43. The quantitative estimate of drug-likeness (QED) is 0.562. The van der Waals surface area contributed by atoms with Gasteiger partial charge in [-0.2, -0.15) is 0 Å². The van der Waals surface area contributed by atoms with E-state index in [-0.39, 0.29) is 11.2 Å². The Kier molecular flexibility index (Phi) is 6.39. The number of likely N-dealkylation sites (tertiary alicyclic amines) is 1. The Morgan fingerprint density at radius 1 is 1.33 bits per heavy atom. The molecule has 27 heavy (non-hydrogen) atoms. The van der Waals surface area contributed by atoms with E-state index in [4.69, 9.17) is 9.73 Å². The van der Waals surface area contributed by atoms with E-state index in [1.54, 1.807) is 0 Å². The van der Waals surface area contributed by atoms with Crippen molar-refractivity contribution < 1.29 is 13.2 Å². The van der Waals surface area contributed by atoms with Gasteiger partial charge in [0.15, 0.2) is 5.96 Å². The molecule has 0 amide bonds. The molecule has 2 aliphatic heterocycles. The van der Waals surface area contributed by atoms with Crippen molar-refractivity contribution in [3.05, 3.63) is 35.4 Å². The van der Waals surface area contributed by atoms with Crippen molar-refractivity contribution in [3.8, 4) is 0 Å². The van der Waals surface area contributed by atoms with Crippen LogP contribution in [0.15, 0.2) is 29.3 Å². The van der Waals surface area contributed by atoms with Gasteiger partial charge in [-0.25, -0.2) is 18.1 Å². The smallest absolute Gasteiger partial charge is 0.215 e. The highest BCUT2D eigenvalue weighted by Crippen LogP contribution is 2.38. The summed E-state index contributed by atoms with van der Waals surface area (Å²) in [6.07, 6.45) is 2.28. The third-order valence-electron chi connectivity index (χ3n) is 5.33. The van der Waals surface area contributed by atoms with E-state index in [9.17, 15) is 8.42 Å². The van der Waals surface area contributed by atoms with Gasteiger partial charge in [0, 0.05) is 31.7 Å². The first-order valence-corrected chi connectivity index (χ1v) is 11.2. The number of hydrogen-bond acceptors (Lipinski definition) is 4. The van der Waals surface area contributed by atoms with Crippen LogP contribution in [-0.4, -0.2) is 59.2 Å². The molecule has 0 aromatic heterocycles. The van der Waals surface area contributed by atoms with Crippen LogP contribution in [0.3, 0.4) is 0 Å². The summed E-state index contributed by atoms with van der Waals surface area (Å²) in [5.74, 6) is 0.907. The second-order valence-corrected chi connectivity index (χ2v) is 9.35. The number of sulfonamides is 1. The maximum atomic E-state index is 11.8. The van der Waals surface area contributed by atoms with Crippen LogP contribution in [0.25, 0.3) is 0 Å². The van der Waals surface area contributed by atoms with Gasteiger partial charge in [-0.1, -0.05) is 24.3 Å². The van der Waals surface area contributed by atoms with Crippen molar-refractivity contribution in [2.24, 2.45) is 10.4 Å². The number of nitrogens with zero attached hydrogens (tertiary/aromatic N) is 2. The molecule has 2 heterocycles. The van der Waals surface area contributed by atoms with Crippen molar-refractivity contribution in [1.29, 1.82) is 0 Å². The summed E-state index contributed by atoms with van der Waals surface area (Å²) in [6.45, 7) is 7.11. The van der Waals surface area contributed by atoms with Crippen LogP contribution in [0.5, 0.6) is 0 Å². The average molecular weight is 395 g/mol. The van der Waals surface area contributed by atoms with Crippen molar-refractivity contribution >= 4 is 16.0 Å². The lowest BCUT2D eigenvalue weighted by Crippen LogP contribution is -2.41. The molecule has 0 bridgehead atoms. The third kappa shape index (κ3) is 5.21. The lowest BCUT2D eigenvalue weighted by atomic mass is 9.87. The Balaban J connectivity index is 1.68. The summed E-state index contributed by atoms with van der Waals surface area (Å²) in [5, 5.41) is 3.39. The second kappa shape index (κ2) is 8.58. The largest absolute Gasteiger partial charge is 0.381 e. The van der Waals surface area contributed by atoms with Crippen molar-refractivity contribution in [2.75, 3.05) is 39.9 Å². The zero-order valence-electron chi connectivity index (χ0n) is 16.2. The molecule has 7 nitrogen and oxygen atoms in total. The SMILES string of the molecule is CCNC(=NCc1cccc(CS(=O)(=O)NC)c1)N1CCC2(CCOC2)C1. The molecule has 1 unspecified atom stereocenters. The molecule has 1 atom stereocenters. The topological polar surface area (TPSA) is 83.0 Å². The average Bonchev–Trinajstić information content (AvgIpc) is 3.29. The van der Waals surface area contributed by atoms with Crippen LogP contribution in [0.2, 0.25) is 0 Å². The van der Waals surface area contributed by atoms with E-state index in [1.165, 1.54) is 7.05 Å². The molecule has 0 saturated carbocycles. The number of benzene rings is 1. The van der Waals surface area contributed by atoms with E-state index < -0.39 is 10.0 Å². The number of aliphatic imine (C=N–C) groups is 1. The Hall–Kier alpha value is -1.64. The van der Waals surface area contributed by atoms with Gasteiger partial charge < -0.3 is 15.0 Å². The van der Waals surface area contributed by atoms with Crippen LogP contribution in [0, 0.1) is 5.41 Å². The van der Waals surface area contributed by atoms with Crippen LogP contribution >= 0.6 is 0 Å². The number of guanidine groups is 1. The lowest BCUT2D eigenvalue weighted by Gasteiger charge is -2.25. The maximum Gasteiger partial charge on any atom is 0.215 e. The minimum Gasteiger partial charge on any atom is -0.381 e. The van der Waals surface area contributed by atoms with E-state index in [1.807, 2.05) is 24.3 Å². The van der Waals surface area contributed by atoms with E-state index in [0.717, 1.165) is 62.8 Å². The third-order valence-corrected chi connectivity index (χ3v) is 6.66. The molecular formula is C19H30N4O3S. The Bertz CT molecular complexity index is 773. The summed E-state index contributed by atoms with van der Waals surface area (Å²) in [7, 11) is -1.84. The molecule has 8 heteroatoms. The van der Waals surface area contributed by atoms with E-state index >= 15 is 0 Å². The minimum absolute atomic E-state index is 0.0181. The van der Waals surface area contributed by atoms with Crippen LogP contribution in [-0.2, 0) is 27.1 Å². The normalized spacial score (nSPS) is 23.3. The molecule has 150 valence electrons. The first-order valence-electron chi connectivity index (χ1n) is 9.55.